The highest BCUT2D eigenvalue weighted by atomic mass is 19.4. The lowest BCUT2D eigenvalue weighted by molar-refractivity contribution is -0.141. The Labute approximate surface area is 244 Å². The van der Waals surface area contributed by atoms with Gasteiger partial charge >= 0.3 is 6.18 Å². The third kappa shape index (κ3) is 5.59. The smallest absolute Gasteiger partial charge is 0.320 e. The average molecular weight is 605 g/mol. The minimum absolute atomic E-state index is 0.0198. The Hall–Kier alpha value is -3.61. The van der Waals surface area contributed by atoms with Crippen LogP contribution in [0.2, 0.25) is 0 Å². The zero-order valence-corrected chi connectivity index (χ0v) is 23.7. The monoisotopic (exact) mass is 604 g/mol. The molecule has 6 rings (SSSR count). The van der Waals surface area contributed by atoms with Crippen LogP contribution in [0.15, 0.2) is 41.6 Å². The fourth-order valence-electron chi connectivity index (χ4n) is 6.85. The van der Waals surface area contributed by atoms with E-state index in [0.29, 0.717) is 24.0 Å². The molecular formula is C30H33F5N6O2. The molecule has 43 heavy (non-hydrogen) atoms. The van der Waals surface area contributed by atoms with Crippen LogP contribution in [0.3, 0.4) is 0 Å². The Morgan fingerprint density at radius 1 is 1.12 bits per heavy atom. The van der Waals surface area contributed by atoms with Crippen LogP contribution in [0.1, 0.15) is 72.3 Å². The number of hydrogen-bond donors (Lipinski definition) is 2. The molecule has 13 heteroatoms. The van der Waals surface area contributed by atoms with Crippen molar-refractivity contribution in [3.05, 3.63) is 75.5 Å². The van der Waals surface area contributed by atoms with Crippen LogP contribution < -0.4 is 16.2 Å². The molecule has 0 saturated heterocycles. The van der Waals surface area contributed by atoms with Gasteiger partial charge in [0.2, 0.25) is 0 Å². The molecule has 2 heterocycles. The van der Waals surface area contributed by atoms with Crippen LogP contribution in [-0.2, 0) is 25.6 Å². The summed E-state index contributed by atoms with van der Waals surface area (Å²) in [5.41, 5.74) is -1.74. The number of nitrogens with one attached hydrogen (secondary N) is 2. The fraction of sp³-hybridized carbons (Fsp3) is 0.533. The van der Waals surface area contributed by atoms with E-state index in [1.807, 2.05) is 11.6 Å². The molecule has 230 valence electrons. The molecule has 0 aliphatic heterocycles. The van der Waals surface area contributed by atoms with Gasteiger partial charge in [0.15, 0.2) is 0 Å². The van der Waals surface area contributed by atoms with E-state index in [-0.39, 0.29) is 23.2 Å². The van der Waals surface area contributed by atoms with Gasteiger partial charge in [-0.25, -0.2) is 4.39 Å². The summed E-state index contributed by atoms with van der Waals surface area (Å²) in [5.74, 6) is -1.06. The lowest BCUT2D eigenvalue weighted by Gasteiger charge is -2.60. The summed E-state index contributed by atoms with van der Waals surface area (Å²) in [4.78, 5) is 26.4. The maximum absolute atomic E-state index is 15.1. The molecule has 0 bridgehead atoms. The minimum Gasteiger partial charge on any atom is -0.320 e. The van der Waals surface area contributed by atoms with Gasteiger partial charge in [0.25, 0.3) is 11.5 Å². The van der Waals surface area contributed by atoms with Crippen LogP contribution in [0, 0.1) is 16.6 Å². The van der Waals surface area contributed by atoms with Crippen LogP contribution in [-0.4, -0.2) is 44.6 Å². The number of aryl methyl sites for hydroxylation is 1. The first-order valence-electron chi connectivity index (χ1n) is 14.4. The number of benzene rings is 1. The van der Waals surface area contributed by atoms with E-state index in [2.05, 4.69) is 20.8 Å². The molecule has 3 saturated carbocycles. The predicted octanol–water partition coefficient (Wildman–Crippen LogP) is 5.02. The first-order valence-corrected chi connectivity index (χ1v) is 14.4. The number of anilines is 1. The number of amides is 1. The van der Waals surface area contributed by atoms with Crippen LogP contribution in [0.4, 0.5) is 27.6 Å². The molecule has 0 atom stereocenters. The van der Waals surface area contributed by atoms with Crippen molar-refractivity contribution in [3.8, 4) is 0 Å². The summed E-state index contributed by atoms with van der Waals surface area (Å²) < 4.78 is 70.5. The number of halogens is 5. The highest BCUT2D eigenvalue weighted by molar-refractivity contribution is 6.04. The van der Waals surface area contributed by atoms with E-state index in [1.54, 1.807) is 12.4 Å². The van der Waals surface area contributed by atoms with Crippen molar-refractivity contribution in [2.24, 2.45) is 17.9 Å². The van der Waals surface area contributed by atoms with Gasteiger partial charge in [-0.1, -0.05) is 12.5 Å². The Balaban J connectivity index is 1.29. The van der Waals surface area contributed by atoms with Gasteiger partial charge in [0, 0.05) is 31.7 Å². The lowest BCUT2D eigenvalue weighted by Crippen LogP contribution is -2.54. The zero-order valence-electron chi connectivity index (χ0n) is 23.7. The van der Waals surface area contributed by atoms with Gasteiger partial charge in [0.1, 0.15) is 30.1 Å². The van der Waals surface area contributed by atoms with Crippen LogP contribution in [0.5, 0.6) is 0 Å². The Morgan fingerprint density at radius 2 is 1.86 bits per heavy atom. The number of pyridine rings is 1. The quantitative estimate of drug-likeness (QED) is 0.317. The van der Waals surface area contributed by atoms with Gasteiger partial charge in [-0.15, -0.1) is 10.2 Å². The van der Waals surface area contributed by atoms with Crippen molar-refractivity contribution in [3.63, 3.8) is 0 Å². The standard InChI is InChI=1S/C30H33F5N6O2/c1-40-18-37-39-26(40)29(13-27(14-29)5-2-6-27)20-3-4-22(32)23(10-20)38-24(42)21-9-19(11-36-16-28(15-31)7-8-28)12-41(25(21)43)17-30(33,34)35/h3-4,9-10,12,18,36H,2,5-8,11,13-17H2,1H3,(H,38,42). The molecule has 3 fully saturated rings. The number of aromatic nitrogens is 4. The second-order valence-electron chi connectivity index (χ2n) is 12.8. The lowest BCUT2D eigenvalue weighted by atomic mass is 9.43. The van der Waals surface area contributed by atoms with E-state index in [9.17, 15) is 27.2 Å². The molecule has 0 radical (unpaired) electrons. The van der Waals surface area contributed by atoms with Crippen LogP contribution in [0.25, 0.3) is 0 Å². The third-order valence-corrected chi connectivity index (χ3v) is 9.48. The highest BCUT2D eigenvalue weighted by Crippen LogP contribution is 2.66. The van der Waals surface area contributed by atoms with E-state index in [4.69, 9.17) is 0 Å². The maximum atomic E-state index is 15.1. The Kier molecular flexibility index (Phi) is 7.22. The number of rotatable bonds is 10. The molecule has 3 aliphatic carbocycles. The van der Waals surface area contributed by atoms with Crippen molar-refractivity contribution < 1.29 is 26.7 Å². The van der Waals surface area contributed by atoms with E-state index in [0.717, 1.165) is 49.7 Å². The summed E-state index contributed by atoms with van der Waals surface area (Å²) in [5, 5.41) is 13.8. The summed E-state index contributed by atoms with van der Waals surface area (Å²) in [7, 11) is 1.84. The van der Waals surface area contributed by atoms with E-state index < -0.39 is 53.1 Å². The summed E-state index contributed by atoms with van der Waals surface area (Å²) >= 11 is 0. The van der Waals surface area contributed by atoms with Crippen molar-refractivity contribution in [1.29, 1.82) is 0 Å². The maximum Gasteiger partial charge on any atom is 0.406 e. The second kappa shape index (κ2) is 10.5. The molecule has 1 spiro atoms. The van der Waals surface area contributed by atoms with Gasteiger partial charge in [-0.05, 0) is 73.3 Å². The summed E-state index contributed by atoms with van der Waals surface area (Å²) in [6.07, 6.45) is 4.28. The first kappa shape index (κ1) is 29.5. The van der Waals surface area contributed by atoms with Crippen molar-refractivity contribution in [2.45, 2.75) is 69.6 Å². The number of nitrogens with zero attached hydrogens (tertiary/aromatic N) is 4. The summed E-state index contributed by atoms with van der Waals surface area (Å²) in [6, 6.07) is 5.59. The fourth-order valence-corrected chi connectivity index (χ4v) is 6.85. The largest absolute Gasteiger partial charge is 0.406 e. The number of carbonyl (C=O) groups is 1. The number of carbonyl (C=O) groups excluding carboxylic acids is 1. The molecule has 0 unspecified atom stereocenters. The molecule has 2 aromatic heterocycles. The minimum atomic E-state index is -4.72. The van der Waals surface area contributed by atoms with Crippen molar-refractivity contribution >= 4 is 11.6 Å². The molecular weight excluding hydrogens is 571 g/mol. The van der Waals surface area contributed by atoms with Gasteiger partial charge in [-0.2, -0.15) is 13.2 Å². The van der Waals surface area contributed by atoms with Crippen LogP contribution >= 0.6 is 0 Å². The topological polar surface area (TPSA) is 93.8 Å². The highest BCUT2D eigenvalue weighted by Gasteiger charge is 2.60. The van der Waals surface area contributed by atoms with Gasteiger partial charge in [0.05, 0.1) is 17.8 Å². The second-order valence-corrected chi connectivity index (χ2v) is 12.8. The summed E-state index contributed by atoms with van der Waals surface area (Å²) in [6.45, 7) is -1.77. The zero-order chi connectivity index (χ0) is 30.6. The average Bonchev–Trinajstić information content (AvgIpc) is 3.56. The Bertz CT molecular complexity index is 1600. The number of hydrogen-bond acceptors (Lipinski definition) is 5. The third-order valence-electron chi connectivity index (χ3n) is 9.48. The predicted molar refractivity (Wildman–Crippen MR) is 148 cm³/mol. The van der Waals surface area contributed by atoms with E-state index in [1.165, 1.54) is 18.2 Å². The molecule has 1 amide bonds. The molecule has 3 aromatic rings. The van der Waals surface area contributed by atoms with Gasteiger partial charge < -0.3 is 19.8 Å². The van der Waals surface area contributed by atoms with Gasteiger partial charge in [-0.3, -0.25) is 14.0 Å². The molecule has 1 aromatic carbocycles. The SMILES string of the molecule is Cn1cnnc1C1(c2ccc(F)c(NC(=O)c3cc(CNCC4(CF)CC4)cn(CC(F)(F)F)c3=O)c2)CC2(CCC2)C1. The van der Waals surface area contributed by atoms with E-state index >= 15 is 4.39 Å². The normalized spacial score (nSPS) is 19.5. The van der Waals surface area contributed by atoms with Crippen molar-refractivity contribution in [2.75, 3.05) is 18.5 Å². The molecule has 2 N–H and O–H groups in total. The number of alkyl halides is 4. The molecule has 3 aliphatic rings. The Morgan fingerprint density at radius 3 is 2.44 bits per heavy atom. The molecule has 8 nitrogen and oxygen atoms in total. The first-order chi connectivity index (χ1) is 20.4. The van der Waals surface area contributed by atoms with Crippen molar-refractivity contribution in [1.82, 2.24) is 24.6 Å².